The second-order valence-corrected chi connectivity index (χ2v) is 6.36. The van der Waals surface area contributed by atoms with Crippen molar-refractivity contribution >= 4 is 23.7 Å². The first-order chi connectivity index (χ1) is 14.1. The summed E-state index contributed by atoms with van der Waals surface area (Å²) in [5, 5.41) is 5.66. The third-order valence-electron chi connectivity index (χ3n) is 4.40. The van der Waals surface area contributed by atoms with Gasteiger partial charge in [-0.2, -0.15) is 0 Å². The number of anilines is 1. The van der Waals surface area contributed by atoms with Crippen LogP contribution in [-0.4, -0.2) is 38.2 Å². The van der Waals surface area contributed by atoms with Crippen molar-refractivity contribution in [2.45, 2.75) is 25.4 Å². The van der Waals surface area contributed by atoms with Gasteiger partial charge in [-0.15, -0.1) is 0 Å². The van der Waals surface area contributed by atoms with Crippen LogP contribution in [0.15, 0.2) is 53.5 Å². The number of hydrazine groups is 1. The predicted octanol–water partition coefficient (Wildman–Crippen LogP) is 1.81. The average Bonchev–Trinajstić information content (AvgIpc) is 2.89. The summed E-state index contributed by atoms with van der Waals surface area (Å²) >= 11 is 0. The molecule has 0 aromatic heterocycles. The molecule has 0 saturated carbocycles. The van der Waals surface area contributed by atoms with E-state index < -0.39 is 0 Å². The van der Waals surface area contributed by atoms with Crippen molar-refractivity contribution in [2.75, 3.05) is 19.4 Å². The standard InChI is InChI=1S/C11H13FN2O.C10H13N3O/c1-13-9-5-3-7-2-4-8(12)6-10(7)14-11(9)15;1-11-10(8-14)13-12-7-9-5-3-2-4-6-9/h2,4,6,9,13H,3,5H2,1H3,(H,14,15);2-6,8,12H,7H2,1H3,(H,11,13)/t9-;/m0./s1. The van der Waals surface area contributed by atoms with E-state index in [2.05, 4.69) is 26.5 Å². The number of halogens is 1. The lowest BCUT2D eigenvalue weighted by Crippen LogP contribution is -2.37. The van der Waals surface area contributed by atoms with E-state index in [0.29, 0.717) is 24.4 Å². The number of aliphatic imine (C=N–C) groups is 1. The summed E-state index contributed by atoms with van der Waals surface area (Å²) in [6, 6.07) is 14.2. The van der Waals surface area contributed by atoms with E-state index in [1.807, 2.05) is 30.3 Å². The Kier molecular flexibility index (Phi) is 8.94. The maximum atomic E-state index is 13.0. The van der Waals surface area contributed by atoms with Crippen molar-refractivity contribution in [2.24, 2.45) is 4.99 Å². The highest BCUT2D eigenvalue weighted by Crippen LogP contribution is 2.22. The Balaban J connectivity index is 0.000000208. The first-order valence-electron chi connectivity index (χ1n) is 9.28. The molecule has 0 radical (unpaired) electrons. The fourth-order valence-corrected chi connectivity index (χ4v) is 2.78. The highest BCUT2D eigenvalue weighted by atomic mass is 19.1. The molecular formula is C21H26FN5O2. The highest BCUT2D eigenvalue weighted by Gasteiger charge is 2.21. The molecule has 0 spiro atoms. The number of hydrogen-bond acceptors (Lipinski definition) is 5. The SMILES string of the molecule is CN=C(C=O)NNCc1ccccc1.CN[C@H]1CCc2ccc(F)cc2NC1=O. The number of likely N-dealkylation sites (N-methyl/N-ethyl adjacent to an activating group) is 1. The van der Waals surface area contributed by atoms with Gasteiger partial charge in [0.2, 0.25) is 5.91 Å². The molecule has 3 rings (SSSR count). The number of amidine groups is 1. The maximum absolute atomic E-state index is 13.0. The predicted molar refractivity (Wildman–Crippen MR) is 112 cm³/mol. The Morgan fingerprint density at radius 3 is 2.69 bits per heavy atom. The van der Waals surface area contributed by atoms with Crippen LogP contribution < -0.4 is 21.5 Å². The van der Waals surface area contributed by atoms with Gasteiger partial charge in [-0.1, -0.05) is 36.4 Å². The normalized spacial score (nSPS) is 15.9. The van der Waals surface area contributed by atoms with E-state index in [1.54, 1.807) is 20.2 Å². The molecule has 7 nitrogen and oxygen atoms in total. The molecular weight excluding hydrogens is 373 g/mol. The molecule has 8 heteroatoms. The van der Waals surface area contributed by atoms with Crippen LogP contribution in [0.1, 0.15) is 17.5 Å². The molecule has 1 heterocycles. The van der Waals surface area contributed by atoms with Gasteiger partial charge >= 0.3 is 0 Å². The number of carbonyl (C=O) groups excluding carboxylic acids is 2. The second-order valence-electron chi connectivity index (χ2n) is 6.36. The molecule has 1 aliphatic heterocycles. The highest BCUT2D eigenvalue weighted by molar-refractivity contribution is 6.26. The fraction of sp³-hybridized carbons (Fsp3) is 0.286. The average molecular weight is 399 g/mol. The van der Waals surface area contributed by atoms with E-state index in [4.69, 9.17) is 0 Å². The summed E-state index contributed by atoms with van der Waals surface area (Å²) in [6.45, 7) is 0.647. The van der Waals surface area contributed by atoms with Crippen molar-refractivity contribution in [1.29, 1.82) is 0 Å². The van der Waals surface area contributed by atoms with Gasteiger partial charge in [0.1, 0.15) is 5.82 Å². The molecule has 2 aromatic rings. The third-order valence-corrected chi connectivity index (χ3v) is 4.40. The maximum Gasteiger partial charge on any atom is 0.241 e. The zero-order valence-electron chi connectivity index (χ0n) is 16.5. The van der Waals surface area contributed by atoms with Crippen LogP contribution in [0.5, 0.6) is 0 Å². The molecule has 0 bridgehead atoms. The third kappa shape index (κ3) is 7.10. The first-order valence-corrected chi connectivity index (χ1v) is 9.28. The van der Waals surface area contributed by atoms with Gasteiger partial charge in [0.25, 0.3) is 0 Å². The van der Waals surface area contributed by atoms with E-state index in [9.17, 15) is 14.0 Å². The number of benzene rings is 2. The number of amides is 1. The summed E-state index contributed by atoms with van der Waals surface area (Å²) in [6.07, 6.45) is 2.18. The Morgan fingerprint density at radius 2 is 2.03 bits per heavy atom. The second kappa shape index (κ2) is 11.7. The van der Waals surface area contributed by atoms with Crippen LogP contribution in [0, 0.1) is 5.82 Å². The Bertz CT molecular complexity index is 842. The van der Waals surface area contributed by atoms with Crippen molar-refractivity contribution in [1.82, 2.24) is 16.2 Å². The van der Waals surface area contributed by atoms with Gasteiger partial charge in [-0.05, 0) is 43.1 Å². The number of aryl methyl sites for hydroxylation is 1. The minimum Gasteiger partial charge on any atom is -0.324 e. The van der Waals surface area contributed by atoms with Crippen molar-refractivity contribution < 1.29 is 14.0 Å². The fourth-order valence-electron chi connectivity index (χ4n) is 2.78. The lowest BCUT2D eigenvalue weighted by atomic mass is 10.1. The Hall–Kier alpha value is -3.10. The summed E-state index contributed by atoms with van der Waals surface area (Å²) in [7, 11) is 3.31. The summed E-state index contributed by atoms with van der Waals surface area (Å²) < 4.78 is 13.0. The Morgan fingerprint density at radius 1 is 1.28 bits per heavy atom. The monoisotopic (exact) mass is 399 g/mol. The molecule has 1 amide bonds. The number of hydrogen-bond donors (Lipinski definition) is 4. The van der Waals surface area contributed by atoms with Gasteiger partial charge in [0, 0.05) is 19.3 Å². The molecule has 0 aliphatic carbocycles. The van der Waals surface area contributed by atoms with Crippen molar-refractivity contribution in [3.63, 3.8) is 0 Å². The van der Waals surface area contributed by atoms with Crippen LogP contribution >= 0.6 is 0 Å². The molecule has 0 unspecified atom stereocenters. The number of carbonyl (C=O) groups is 2. The van der Waals surface area contributed by atoms with Crippen molar-refractivity contribution in [3.05, 3.63) is 65.5 Å². The lowest BCUT2D eigenvalue weighted by Gasteiger charge is -2.10. The molecule has 2 aromatic carbocycles. The Labute approximate surface area is 169 Å². The van der Waals surface area contributed by atoms with Crippen LogP contribution in [0.25, 0.3) is 0 Å². The smallest absolute Gasteiger partial charge is 0.241 e. The van der Waals surface area contributed by atoms with E-state index in [1.165, 1.54) is 12.1 Å². The van der Waals surface area contributed by atoms with E-state index in [0.717, 1.165) is 24.0 Å². The summed E-state index contributed by atoms with van der Waals surface area (Å²) in [5.41, 5.74) is 8.31. The molecule has 4 N–H and O–H groups in total. The minimum atomic E-state index is -0.322. The number of nitrogens with one attached hydrogen (secondary N) is 4. The largest absolute Gasteiger partial charge is 0.324 e. The zero-order valence-corrected chi connectivity index (χ0v) is 16.5. The number of aldehydes is 1. The van der Waals surface area contributed by atoms with E-state index >= 15 is 0 Å². The van der Waals surface area contributed by atoms with Crippen LogP contribution in [-0.2, 0) is 22.6 Å². The minimum absolute atomic E-state index is 0.0955. The van der Waals surface area contributed by atoms with Gasteiger partial charge in [0.15, 0.2) is 12.1 Å². The zero-order chi connectivity index (χ0) is 21.1. The number of nitrogens with zero attached hydrogens (tertiary/aromatic N) is 1. The summed E-state index contributed by atoms with van der Waals surface area (Å²) in [5.74, 6) is -0.125. The van der Waals surface area contributed by atoms with Crippen LogP contribution in [0.3, 0.4) is 0 Å². The lowest BCUT2D eigenvalue weighted by molar-refractivity contribution is -0.118. The topological polar surface area (TPSA) is 94.6 Å². The van der Waals surface area contributed by atoms with Gasteiger partial charge in [-0.25, -0.2) is 9.82 Å². The molecule has 1 atom stereocenters. The summed E-state index contributed by atoms with van der Waals surface area (Å²) in [4.78, 5) is 25.7. The van der Waals surface area contributed by atoms with E-state index in [-0.39, 0.29) is 17.8 Å². The first kappa shape index (κ1) is 22.2. The molecule has 0 fully saturated rings. The van der Waals surface area contributed by atoms with Crippen LogP contribution in [0.2, 0.25) is 0 Å². The quantitative estimate of drug-likeness (QED) is 0.266. The number of rotatable bonds is 5. The van der Waals surface area contributed by atoms with Crippen LogP contribution in [0.4, 0.5) is 10.1 Å². The van der Waals surface area contributed by atoms with Gasteiger partial charge in [-0.3, -0.25) is 14.6 Å². The molecule has 29 heavy (non-hydrogen) atoms. The molecule has 0 saturated heterocycles. The van der Waals surface area contributed by atoms with Crippen molar-refractivity contribution in [3.8, 4) is 0 Å². The molecule has 1 aliphatic rings. The molecule has 154 valence electrons. The van der Waals surface area contributed by atoms with Gasteiger partial charge in [0.05, 0.1) is 6.04 Å². The van der Waals surface area contributed by atoms with Gasteiger partial charge < -0.3 is 16.1 Å². The number of fused-ring (bicyclic) bond motifs is 1.